The zero-order chi connectivity index (χ0) is 19.8. The van der Waals surface area contributed by atoms with Gasteiger partial charge in [0.1, 0.15) is 0 Å². The minimum Gasteiger partial charge on any atom is -0.493 e. The van der Waals surface area contributed by atoms with E-state index in [-0.39, 0.29) is 5.56 Å². The molecule has 4 rings (SSSR count). The van der Waals surface area contributed by atoms with Crippen LogP contribution in [0.2, 0.25) is 0 Å². The van der Waals surface area contributed by atoms with Crippen LogP contribution < -0.4 is 15.0 Å². The standard InChI is InChI=1S/C21H26N4O3/c1-13-14(2)22-19-10-17(23-25(19)21(13)26)15-8-9-24(11-15)12-16-6-5-7-18(27-3)20(16)28-4/h5-7,10,15,23H,8-9,11-12H2,1-4H3. The van der Waals surface area contributed by atoms with E-state index in [9.17, 15) is 4.79 Å². The summed E-state index contributed by atoms with van der Waals surface area (Å²) in [4.78, 5) is 19.4. The van der Waals surface area contributed by atoms with Crippen molar-refractivity contribution in [3.05, 3.63) is 57.1 Å². The van der Waals surface area contributed by atoms with Gasteiger partial charge in [0, 0.05) is 47.6 Å². The summed E-state index contributed by atoms with van der Waals surface area (Å²) in [5, 5.41) is 3.27. The Morgan fingerprint density at radius 2 is 2.07 bits per heavy atom. The maximum atomic E-state index is 12.5. The second kappa shape index (κ2) is 7.31. The summed E-state index contributed by atoms with van der Waals surface area (Å²) in [6.45, 7) is 6.40. The predicted molar refractivity (Wildman–Crippen MR) is 107 cm³/mol. The number of nitrogens with one attached hydrogen (secondary N) is 1. The number of aryl methyl sites for hydroxylation is 1. The highest BCUT2D eigenvalue weighted by molar-refractivity contribution is 5.46. The molecule has 1 aromatic carbocycles. The lowest BCUT2D eigenvalue weighted by molar-refractivity contribution is 0.308. The van der Waals surface area contributed by atoms with Gasteiger partial charge < -0.3 is 9.47 Å². The number of ether oxygens (including phenoxy) is 2. The van der Waals surface area contributed by atoms with Crippen molar-refractivity contribution in [2.75, 3.05) is 27.3 Å². The topological polar surface area (TPSA) is 71.9 Å². The average molecular weight is 382 g/mol. The molecule has 3 heterocycles. The first kappa shape index (κ1) is 18.6. The Hall–Kier alpha value is -2.80. The zero-order valence-electron chi connectivity index (χ0n) is 16.8. The van der Waals surface area contributed by atoms with E-state index < -0.39 is 0 Å². The number of fused-ring (bicyclic) bond motifs is 1. The van der Waals surface area contributed by atoms with Gasteiger partial charge in [-0.2, -0.15) is 0 Å². The van der Waals surface area contributed by atoms with Crippen molar-refractivity contribution in [3.63, 3.8) is 0 Å². The molecule has 1 saturated heterocycles. The molecule has 1 N–H and O–H groups in total. The minimum absolute atomic E-state index is 0.0234. The van der Waals surface area contributed by atoms with E-state index in [0.29, 0.717) is 17.1 Å². The first-order valence-electron chi connectivity index (χ1n) is 9.53. The van der Waals surface area contributed by atoms with Gasteiger partial charge >= 0.3 is 0 Å². The number of methoxy groups -OCH3 is 2. The van der Waals surface area contributed by atoms with Crippen LogP contribution in [0.4, 0.5) is 0 Å². The molecule has 148 valence electrons. The number of aromatic nitrogens is 3. The van der Waals surface area contributed by atoms with Crippen LogP contribution in [0.3, 0.4) is 0 Å². The van der Waals surface area contributed by atoms with Gasteiger partial charge in [0.15, 0.2) is 17.1 Å². The fraction of sp³-hybridized carbons (Fsp3) is 0.429. The van der Waals surface area contributed by atoms with E-state index in [0.717, 1.165) is 54.5 Å². The van der Waals surface area contributed by atoms with E-state index in [2.05, 4.69) is 21.0 Å². The molecule has 1 aliphatic rings. The van der Waals surface area contributed by atoms with Crippen LogP contribution in [-0.2, 0) is 6.54 Å². The summed E-state index contributed by atoms with van der Waals surface area (Å²) in [7, 11) is 3.33. The summed E-state index contributed by atoms with van der Waals surface area (Å²) >= 11 is 0. The van der Waals surface area contributed by atoms with Crippen LogP contribution in [0.15, 0.2) is 29.1 Å². The van der Waals surface area contributed by atoms with Crippen LogP contribution in [-0.4, -0.2) is 46.8 Å². The zero-order valence-corrected chi connectivity index (χ0v) is 16.8. The van der Waals surface area contributed by atoms with Crippen LogP contribution in [0.5, 0.6) is 11.5 Å². The molecular weight excluding hydrogens is 356 g/mol. The van der Waals surface area contributed by atoms with Crippen molar-refractivity contribution in [2.24, 2.45) is 0 Å². The highest BCUT2D eigenvalue weighted by Crippen LogP contribution is 2.34. The number of hydrogen-bond acceptors (Lipinski definition) is 5. The van der Waals surface area contributed by atoms with Gasteiger partial charge in [0.2, 0.25) is 0 Å². The van der Waals surface area contributed by atoms with Gasteiger partial charge in [-0.05, 0) is 32.9 Å². The van der Waals surface area contributed by atoms with Crippen molar-refractivity contribution in [2.45, 2.75) is 32.7 Å². The Morgan fingerprint density at radius 3 is 2.82 bits per heavy atom. The van der Waals surface area contributed by atoms with Gasteiger partial charge in [0.05, 0.1) is 14.2 Å². The fourth-order valence-corrected chi connectivity index (χ4v) is 4.00. The summed E-state index contributed by atoms with van der Waals surface area (Å²) in [6.07, 6.45) is 1.03. The summed E-state index contributed by atoms with van der Waals surface area (Å²) in [5.41, 5.74) is 4.32. The molecule has 7 heteroatoms. The molecule has 0 radical (unpaired) electrons. The molecule has 0 bridgehead atoms. The minimum atomic E-state index is -0.0234. The van der Waals surface area contributed by atoms with Crippen molar-refractivity contribution >= 4 is 5.65 Å². The van der Waals surface area contributed by atoms with Gasteiger partial charge in [-0.15, -0.1) is 0 Å². The third-order valence-electron chi connectivity index (χ3n) is 5.69. The monoisotopic (exact) mass is 382 g/mol. The lowest BCUT2D eigenvalue weighted by Crippen LogP contribution is -2.21. The highest BCUT2D eigenvalue weighted by atomic mass is 16.5. The van der Waals surface area contributed by atoms with Gasteiger partial charge in [-0.3, -0.25) is 14.8 Å². The lowest BCUT2D eigenvalue weighted by atomic mass is 10.1. The van der Waals surface area contributed by atoms with Crippen molar-refractivity contribution in [1.82, 2.24) is 19.5 Å². The molecule has 2 aromatic heterocycles. The maximum Gasteiger partial charge on any atom is 0.275 e. The second-order valence-electron chi connectivity index (χ2n) is 7.41. The molecule has 1 fully saturated rings. The van der Waals surface area contributed by atoms with E-state index in [1.54, 1.807) is 18.7 Å². The van der Waals surface area contributed by atoms with Gasteiger partial charge in [-0.25, -0.2) is 9.50 Å². The number of H-pyrrole nitrogens is 1. The molecule has 1 unspecified atom stereocenters. The number of rotatable bonds is 5. The predicted octanol–water partition coefficient (Wildman–Crippen LogP) is 2.65. The first-order chi connectivity index (χ1) is 13.5. The number of nitrogens with zero attached hydrogens (tertiary/aromatic N) is 3. The number of para-hydroxylation sites is 1. The highest BCUT2D eigenvalue weighted by Gasteiger charge is 2.27. The molecule has 1 aliphatic heterocycles. The maximum absolute atomic E-state index is 12.5. The summed E-state index contributed by atoms with van der Waals surface area (Å²) in [6, 6.07) is 7.99. The Kier molecular flexibility index (Phi) is 4.85. The smallest absolute Gasteiger partial charge is 0.275 e. The molecule has 0 amide bonds. The Bertz CT molecular complexity index is 1070. The summed E-state index contributed by atoms with van der Waals surface area (Å²) < 4.78 is 12.5. The van der Waals surface area contributed by atoms with Crippen LogP contribution in [0, 0.1) is 13.8 Å². The Labute approximate surface area is 163 Å². The van der Waals surface area contributed by atoms with Crippen molar-refractivity contribution < 1.29 is 9.47 Å². The number of benzene rings is 1. The molecule has 0 saturated carbocycles. The molecular formula is C21H26N4O3. The fourth-order valence-electron chi connectivity index (χ4n) is 4.00. The van der Waals surface area contributed by atoms with E-state index in [4.69, 9.17) is 9.47 Å². The third-order valence-corrected chi connectivity index (χ3v) is 5.69. The molecule has 7 nitrogen and oxygen atoms in total. The number of likely N-dealkylation sites (tertiary alicyclic amines) is 1. The Morgan fingerprint density at radius 1 is 1.25 bits per heavy atom. The lowest BCUT2D eigenvalue weighted by Gasteiger charge is -2.19. The average Bonchev–Trinajstić information content (AvgIpc) is 3.33. The first-order valence-corrected chi connectivity index (χ1v) is 9.53. The van der Waals surface area contributed by atoms with Gasteiger partial charge in [-0.1, -0.05) is 12.1 Å². The number of hydrogen-bond donors (Lipinski definition) is 1. The van der Waals surface area contributed by atoms with Crippen molar-refractivity contribution in [1.29, 1.82) is 0 Å². The SMILES string of the molecule is COc1cccc(CN2CCC(c3cc4nc(C)c(C)c(=O)n4[nH]3)C2)c1OC. The van der Waals surface area contributed by atoms with Crippen molar-refractivity contribution in [3.8, 4) is 11.5 Å². The molecule has 28 heavy (non-hydrogen) atoms. The largest absolute Gasteiger partial charge is 0.493 e. The van der Waals surface area contributed by atoms with Crippen LogP contribution in [0.25, 0.3) is 5.65 Å². The van der Waals surface area contributed by atoms with E-state index >= 15 is 0 Å². The van der Waals surface area contributed by atoms with Crippen LogP contribution in [0.1, 0.15) is 34.9 Å². The van der Waals surface area contributed by atoms with Crippen LogP contribution >= 0.6 is 0 Å². The molecule has 3 aromatic rings. The molecule has 0 aliphatic carbocycles. The Balaban J connectivity index is 1.54. The number of aromatic amines is 1. The normalized spacial score (nSPS) is 17.4. The second-order valence-corrected chi connectivity index (χ2v) is 7.41. The van der Waals surface area contributed by atoms with Gasteiger partial charge in [0.25, 0.3) is 5.56 Å². The molecule has 0 spiro atoms. The third kappa shape index (κ3) is 3.16. The van der Waals surface area contributed by atoms with E-state index in [1.807, 2.05) is 32.0 Å². The summed E-state index contributed by atoms with van der Waals surface area (Å²) in [5.74, 6) is 1.89. The quantitative estimate of drug-likeness (QED) is 0.735. The molecule has 1 atom stereocenters. The van der Waals surface area contributed by atoms with E-state index in [1.165, 1.54) is 0 Å².